The van der Waals surface area contributed by atoms with E-state index in [1.807, 2.05) is 0 Å². The number of ether oxygens (including phenoxy) is 4. The van der Waals surface area contributed by atoms with Crippen LogP contribution >= 0.6 is 27.3 Å². The lowest BCUT2D eigenvalue weighted by atomic mass is 10.1. The highest BCUT2D eigenvalue weighted by Crippen LogP contribution is 2.31. The van der Waals surface area contributed by atoms with Gasteiger partial charge in [-0.25, -0.2) is 23.4 Å². The van der Waals surface area contributed by atoms with E-state index in [-0.39, 0.29) is 18.3 Å². The first-order valence-corrected chi connectivity index (χ1v) is 10.3. The summed E-state index contributed by atoms with van der Waals surface area (Å²) in [6, 6.07) is -1.46. The summed E-state index contributed by atoms with van der Waals surface area (Å²) in [6.45, 7) is 5.21. The average Bonchev–Trinajstić information content (AvgIpc) is 3.01. The minimum Gasteiger partial charge on any atom is -0.464 e. The van der Waals surface area contributed by atoms with Crippen LogP contribution in [0.4, 0.5) is 13.6 Å². The van der Waals surface area contributed by atoms with Crippen LogP contribution in [-0.2, 0) is 23.7 Å². The summed E-state index contributed by atoms with van der Waals surface area (Å²) in [6.07, 6.45) is -5.00. The molecule has 1 heterocycles. The van der Waals surface area contributed by atoms with Crippen LogP contribution in [0.3, 0.4) is 0 Å². The van der Waals surface area contributed by atoms with Gasteiger partial charge in [-0.05, 0) is 43.6 Å². The number of halogens is 3. The number of esters is 1. The van der Waals surface area contributed by atoms with Crippen molar-refractivity contribution in [2.24, 2.45) is 0 Å². The van der Waals surface area contributed by atoms with E-state index in [0.717, 1.165) is 16.2 Å². The molecule has 12 heteroatoms. The van der Waals surface area contributed by atoms with E-state index in [1.54, 1.807) is 33.1 Å². The Morgan fingerprint density at radius 1 is 1.34 bits per heavy atom. The molecule has 0 saturated carbocycles. The van der Waals surface area contributed by atoms with E-state index in [9.17, 15) is 18.4 Å². The SMILES string of the molecule is CCOC(=O)[C@H]([C@H](OCC(F)F)c1nc(Br)cs1)N(COC)C(=O)OC(C)(C)C. The van der Waals surface area contributed by atoms with Gasteiger partial charge in [-0.15, -0.1) is 11.3 Å². The maximum Gasteiger partial charge on any atom is 0.412 e. The maximum atomic E-state index is 12.9. The topological polar surface area (TPSA) is 87.2 Å². The summed E-state index contributed by atoms with van der Waals surface area (Å²) < 4.78 is 46.9. The number of rotatable bonds is 10. The summed E-state index contributed by atoms with van der Waals surface area (Å²) in [5.74, 6) is -0.860. The largest absolute Gasteiger partial charge is 0.464 e. The molecule has 0 unspecified atom stereocenters. The van der Waals surface area contributed by atoms with Crippen molar-refractivity contribution in [3.05, 3.63) is 15.0 Å². The van der Waals surface area contributed by atoms with Crippen LogP contribution in [0.1, 0.15) is 38.8 Å². The third kappa shape index (κ3) is 8.49. The van der Waals surface area contributed by atoms with Crippen molar-refractivity contribution in [3.8, 4) is 0 Å². The van der Waals surface area contributed by atoms with Crippen LogP contribution in [0.25, 0.3) is 0 Å². The molecule has 0 fully saturated rings. The number of carbonyl (C=O) groups is 2. The molecule has 29 heavy (non-hydrogen) atoms. The highest BCUT2D eigenvalue weighted by molar-refractivity contribution is 9.10. The number of methoxy groups -OCH3 is 1. The van der Waals surface area contributed by atoms with Gasteiger partial charge in [-0.2, -0.15) is 0 Å². The van der Waals surface area contributed by atoms with Crippen LogP contribution in [0, 0.1) is 0 Å². The van der Waals surface area contributed by atoms with Crippen molar-refractivity contribution in [1.29, 1.82) is 0 Å². The molecule has 1 rings (SSSR count). The van der Waals surface area contributed by atoms with E-state index in [1.165, 1.54) is 7.11 Å². The molecule has 0 bridgehead atoms. The van der Waals surface area contributed by atoms with Crippen molar-refractivity contribution in [3.63, 3.8) is 0 Å². The van der Waals surface area contributed by atoms with E-state index in [2.05, 4.69) is 20.9 Å². The Morgan fingerprint density at radius 2 is 2.00 bits per heavy atom. The van der Waals surface area contributed by atoms with Gasteiger partial charge >= 0.3 is 12.1 Å². The number of hydrogen-bond acceptors (Lipinski definition) is 8. The average molecular weight is 503 g/mol. The Bertz CT molecular complexity index is 671. The summed E-state index contributed by atoms with van der Waals surface area (Å²) in [4.78, 5) is 30.6. The number of carbonyl (C=O) groups excluding carboxylic acids is 2. The van der Waals surface area contributed by atoms with Crippen molar-refractivity contribution in [2.75, 3.05) is 27.1 Å². The Labute approximate surface area is 180 Å². The lowest BCUT2D eigenvalue weighted by Gasteiger charge is -2.34. The molecule has 0 aromatic carbocycles. The van der Waals surface area contributed by atoms with Crippen LogP contribution in [-0.4, -0.2) is 67.1 Å². The van der Waals surface area contributed by atoms with Gasteiger partial charge in [-0.3, -0.25) is 4.90 Å². The molecule has 0 radical (unpaired) electrons. The zero-order valence-corrected chi connectivity index (χ0v) is 19.2. The molecule has 0 aliphatic carbocycles. The molecule has 0 N–H and O–H groups in total. The second-order valence-corrected chi connectivity index (χ2v) is 8.42. The second kappa shape index (κ2) is 11.7. The van der Waals surface area contributed by atoms with Crippen LogP contribution in [0.5, 0.6) is 0 Å². The van der Waals surface area contributed by atoms with E-state index >= 15 is 0 Å². The first-order chi connectivity index (χ1) is 13.5. The molecule has 1 amide bonds. The van der Waals surface area contributed by atoms with Crippen molar-refractivity contribution >= 4 is 39.3 Å². The molecule has 0 aliphatic rings. The number of nitrogens with zero attached hydrogens (tertiary/aromatic N) is 2. The lowest BCUT2D eigenvalue weighted by molar-refractivity contribution is -0.161. The molecule has 1 aromatic rings. The Balaban J connectivity index is 3.40. The third-order valence-corrected chi connectivity index (χ3v) is 4.80. The fraction of sp³-hybridized carbons (Fsp3) is 0.706. The van der Waals surface area contributed by atoms with Gasteiger partial charge in [0.25, 0.3) is 6.43 Å². The van der Waals surface area contributed by atoms with E-state index < -0.39 is 42.8 Å². The number of amides is 1. The molecule has 0 saturated heterocycles. The number of thiazole rings is 1. The highest BCUT2D eigenvalue weighted by Gasteiger charge is 2.43. The smallest absolute Gasteiger partial charge is 0.412 e. The van der Waals surface area contributed by atoms with E-state index in [0.29, 0.717) is 4.60 Å². The fourth-order valence-electron chi connectivity index (χ4n) is 2.22. The first kappa shape index (κ1) is 25.7. The minimum atomic E-state index is -2.79. The van der Waals surface area contributed by atoms with Gasteiger partial charge in [0.05, 0.1) is 6.61 Å². The Hall–Kier alpha value is -1.37. The predicted molar refractivity (Wildman–Crippen MR) is 105 cm³/mol. The van der Waals surface area contributed by atoms with Crippen molar-refractivity contribution in [2.45, 2.75) is 51.9 Å². The van der Waals surface area contributed by atoms with Crippen LogP contribution < -0.4 is 0 Å². The molecule has 1 aromatic heterocycles. The molecule has 0 spiro atoms. The van der Waals surface area contributed by atoms with Gasteiger partial charge in [0.1, 0.15) is 34.7 Å². The van der Waals surface area contributed by atoms with Crippen molar-refractivity contribution < 1.29 is 37.3 Å². The maximum absolute atomic E-state index is 12.9. The summed E-state index contributed by atoms with van der Waals surface area (Å²) in [5, 5.41) is 1.81. The number of alkyl halides is 2. The summed E-state index contributed by atoms with van der Waals surface area (Å²) in [7, 11) is 1.31. The molecule has 8 nitrogen and oxygen atoms in total. The standard InChI is InChI=1S/C17H25BrF2N2O6S/c1-6-26-15(23)12(22(9-25-5)16(24)28-17(2,3)4)13(27-7-11(19)20)14-21-10(18)8-29-14/h8,11-13H,6-7,9H2,1-5H3/t12-,13-/m0/s1. The summed E-state index contributed by atoms with van der Waals surface area (Å²) >= 11 is 4.26. The molecular weight excluding hydrogens is 478 g/mol. The minimum absolute atomic E-state index is 0.00754. The number of hydrogen-bond donors (Lipinski definition) is 0. The van der Waals surface area contributed by atoms with Crippen molar-refractivity contribution in [1.82, 2.24) is 9.88 Å². The second-order valence-electron chi connectivity index (χ2n) is 6.72. The quantitative estimate of drug-likeness (QED) is 0.352. The normalized spacial score (nSPS) is 13.8. The first-order valence-electron chi connectivity index (χ1n) is 8.66. The monoisotopic (exact) mass is 502 g/mol. The third-order valence-electron chi connectivity index (χ3n) is 3.19. The zero-order chi connectivity index (χ0) is 22.2. The van der Waals surface area contributed by atoms with Crippen LogP contribution in [0.2, 0.25) is 0 Å². The molecule has 2 atom stereocenters. The Kier molecular flexibility index (Phi) is 10.4. The number of aromatic nitrogens is 1. The summed E-state index contributed by atoms with van der Waals surface area (Å²) in [5.41, 5.74) is -0.869. The Morgan fingerprint density at radius 3 is 2.45 bits per heavy atom. The highest BCUT2D eigenvalue weighted by atomic mass is 79.9. The van der Waals surface area contributed by atoms with Gasteiger partial charge in [0.15, 0.2) is 6.04 Å². The fourth-order valence-corrected chi connectivity index (χ4v) is 3.56. The van der Waals surface area contributed by atoms with Gasteiger partial charge in [0, 0.05) is 12.5 Å². The van der Waals surface area contributed by atoms with E-state index in [4.69, 9.17) is 18.9 Å². The molecular formula is C17H25BrF2N2O6S. The van der Waals surface area contributed by atoms with Crippen LogP contribution in [0.15, 0.2) is 9.98 Å². The van der Waals surface area contributed by atoms with Gasteiger partial charge in [0.2, 0.25) is 0 Å². The predicted octanol–water partition coefficient (Wildman–Crippen LogP) is 4.00. The zero-order valence-electron chi connectivity index (χ0n) is 16.8. The van der Waals surface area contributed by atoms with Gasteiger partial charge < -0.3 is 18.9 Å². The molecule has 0 aliphatic heterocycles. The molecule has 166 valence electrons. The van der Waals surface area contributed by atoms with Gasteiger partial charge in [-0.1, -0.05) is 0 Å². The lowest BCUT2D eigenvalue weighted by Crippen LogP contribution is -2.52.